The van der Waals surface area contributed by atoms with Crippen LogP contribution in [0, 0.1) is 6.92 Å². The first-order chi connectivity index (χ1) is 12.4. The lowest BCUT2D eigenvalue weighted by atomic mass is 10.2. The van der Waals surface area contributed by atoms with E-state index >= 15 is 0 Å². The summed E-state index contributed by atoms with van der Waals surface area (Å²) in [6.07, 6.45) is 0. The van der Waals surface area contributed by atoms with Crippen LogP contribution < -0.4 is 9.50 Å². The van der Waals surface area contributed by atoms with E-state index in [1.165, 1.54) is 42.6 Å². The number of thiazole rings is 1. The lowest BCUT2D eigenvalue weighted by Gasteiger charge is -2.08. The van der Waals surface area contributed by atoms with Crippen LogP contribution in [0.4, 0.5) is 0 Å². The molecule has 8 heteroatoms. The van der Waals surface area contributed by atoms with Crippen molar-refractivity contribution in [3.63, 3.8) is 0 Å². The fourth-order valence-corrected chi connectivity index (χ4v) is 3.97. The van der Waals surface area contributed by atoms with Crippen molar-refractivity contribution in [3.8, 4) is 16.3 Å². The van der Waals surface area contributed by atoms with E-state index in [1.807, 2.05) is 12.3 Å². The molecule has 0 aliphatic rings. The minimum atomic E-state index is -3.98. The van der Waals surface area contributed by atoms with Gasteiger partial charge in [0.1, 0.15) is 15.7 Å². The Morgan fingerprint density at radius 3 is 2.27 bits per heavy atom. The zero-order chi connectivity index (χ0) is 18.7. The van der Waals surface area contributed by atoms with Crippen LogP contribution in [0.2, 0.25) is 0 Å². The molecule has 0 atom stereocenters. The Morgan fingerprint density at radius 1 is 1.08 bits per heavy atom. The number of hydrogen-bond donors (Lipinski definition) is 1. The van der Waals surface area contributed by atoms with Crippen LogP contribution in [0.25, 0.3) is 10.6 Å². The molecular formula is C18H16N2O4S2. The lowest BCUT2D eigenvalue weighted by molar-refractivity contribution is 0.0963. The average Bonchev–Trinajstić information content (AvgIpc) is 3.08. The van der Waals surface area contributed by atoms with Crippen molar-refractivity contribution >= 4 is 27.4 Å². The highest BCUT2D eigenvalue weighted by atomic mass is 32.2. The SMILES string of the molecule is CNC(=O)c1ccc(S(=O)(=O)Oc2ccc(-c3nc(C)cs3)cc2)cc1. The quantitative estimate of drug-likeness (QED) is 0.678. The van der Waals surface area contributed by atoms with Gasteiger partial charge in [-0.25, -0.2) is 4.98 Å². The van der Waals surface area contributed by atoms with Gasteiger partial charge in [-0.1, -0.05) is 0 Å². The Kier molecular flexibility index (Phi) is 5.06. The number of aryl methyl sites for hydroxylation is 1. The van der Waals surface area contributed by atoms with Crippen molar-refractivity contribution in [2.75, 3.05) is 7.05 Å². The number of nitrogens with zero attached hydrogens (tertiary/aromatic N) is 1. The van der Waals surface area contributed by atoms with Crippen molar-refractivity contribution < 1.29 is 17.4 Å². The first-order valence-electron chi connectivity index (χ1n) is 7.68. The van der Waals surface area contributed by atoms with E-state index in [-0.39, 0.29) is 16.6 Å². The summed E-state index contributed by atoms with van der Waals surface area (Å²) in [4.78, 5) is 15.9. The third-order valence-corrected chi connectivity index (χ3v) is 5.83. The molecule has 0 bridgehead atoms. The second-order valence-corrected chi connectivity index (χ2v) is 7.86. The predicted octanol–water partition coefficient (Wildman–Crippen LogP) is 3.25. The molecule has 1 amide bonds. The molecular weight excluding hydrogens is 372 g/mol. The molecule has 3 aromatic rings. The number of aromatic nitrogens is 1. The molecule has 0 unspecified atom stereocenters. The van der Waals surface area contributed by atoms with Crippen molar-refractivity contribution in [1.29, 1.82) is 0 Å². The third-order valence-electron chi connectivity index (χ3n) is 3.56. The minimum absolute atomic E-state index is 0.0234. The Bertz CT molecular complexity index is 1020. The van der Waals surface area contributed by atoms with Crippen molar-refractivity contribution in [2.24, 2.45) is 0 Å². The fourth-order valence-electron chi connectivity index (χ4n) is 2.23. The summed E-state index contributed by atoms with van der Waals surface area (Å²) in [5.74, 6) is -0.0831. The lowest BCUT2D eigenvalue weighted by Crippen LogP contribution is -2.18. The summed E-state index contributed by atoms with van der Waals surface area (Å²) >= 11 is 1.52. The number of rotatable bonds is 5. The van der Waals surface area contributed by atoms with Gasteiger partial charge in [0.15, 0.2) is 0 Å². The summed E-state index contributed by atoms with van der Waals surface area (Å²) in [5.41, 5.74) is 2.20. The molecule has 0 saturated heterocycles. The molecule has 1 N–H and O–H groups in total. The Balaban J connectivity index is 1.77. The van der Waals surface area contributed by atoms with E-state index in [9.17, 15) is 13.2 Å². The van der Waals surface area contributed by atoms with E-state index in [2.05, 4.69) is 10.3 Å². The van der Waals surface area contributed by atoms with Gasteiger partial charge in [0.2, 0.25) is 0 Å². The zero-order valence-corrected chi connectivity index (χ0v) is 15.7. The number of carbonyl (C=O) groups excluding carboxylic acids is 1. The van der Waals surface area contributed by atoms with E-state index in [0.717, 1.165) is 16.3 Å². The number of amides is 1. The molecule has 0 aliphatic carbocycles. The maximum Gasteiger partial charge on any atom is 0.339 e. The van der Waals surface area contributed by atoms with Crippen LogP contribution >= 0.6 is 11.3 Å². The largest absolute Gasteiger partial charge is 0.379 e. The second kappa shape index (κ2) is 7.27. The molecule has 2 aromatic carbocycles. The predicted molar refractivity (Wildman–Crippen MR) is 99.9 cm³/mol. The van der Waals surface area contributed by atoms with Crippen LogP contribution in [0.5, 0.6) is 5.75 Å². The van der Waals surface area contributed by atoms with E-state index in [0.29, 0.717) is 5.56 Å². The summed E-state index contributed by atoms with van der Waals surface area (Å²) in [6.45, 7) is 1.92. The Hall–Kier alpha value is -2.71. The van der Waals surface area contributed by atoms with Gasteiger partial charge in [0, 0.05) is 29.2 Å². The van der Waals surface area contributed by atoms with Gasteiger partial charge in [-0.15, -0.1) is 11.3 Å². The molecule has 0 aliphatic heterocycles. The molecule has 0 radical (unpaired) electrons. The highest BCUT2D eigenvalue weighted by molar-refractivity contribution is 7.87. The molecule has 0 spiro atoms. The molecule has 1 heterocycles. The first kappa shape index (κ1) is 18.1. The van der Waals surface area contributed by atoms with Crippen LogP contribution in [0.1, 0.15) is 16.1 Å². The van der Waals surface area contributed by atoms with E-state index in [4.69, 9.17) is 4.18 Å². The third kappa shape index (κ3) is 3.92. The monoisotopic (exact) mass is 388 g/mol. The van der Waals surface area contributed by atoms with Gasteiger partial charge in [-0.2, -0.15) is 8.42 Å². The van der Waals surface area contributed by atoms with Crippen LogP contribution in [0.15, 0.2) is 58.8 Å². The van der Waals surface area contributed by atoms with Gasteiger partial charge < -0.3 is 9.50 Å². The Labute approximate surface area is 155 Å². The summed E-state index contributed by atoms with van der Waals surface area (Å²) in [6, 6.07) is 12.2. The molecule has 0 saturated carbocycles. The normalized spacial score (nSPS) is 11.2. The maximum absolute atomic E-state index is 12.4. The van der Waals surface area contributed by atoms with Crippen molar-refractivity contribution in [2.45, 2.75) is 11.8 Å². The van der Waals surface area contributed by atoms with Crippen LogP contribution in [-0.2, 0) is 10.1 Å². The van der Waals surface area contributed by atoms with Gasteiger partial charge >= 0.3 is 10.1 Å². The van der Waals surface area contributed by atoms with Crippen molar-refractivity contribution in [1.82, 2.24) is 10.3 Å². The molecule has 134 valence electrons. The van der Waals surface area contributed by atoms with Gasteiger partial charge in [-0.05, 0) is 55.5 Å². The molecule has 0 fully saturated rings. The number of carbonyl (C=O) groups is 1. The summed E-state index contributed by atoms with van der Waals surface area (Å²) in [7, 11) is -2.47. The minimum Gasteiger partial charge on any atom is -0.379 e. The number of nitrogens with one attached hydrogen (secondary N) is 1. The highest BCUT2D eigenvalue weighted by Crippen LogP contribution is 2.26. The smallest absolute Gasteiger partial charge is 0.339 e. The highest BCUT2D eigenvalue weighted by Gasteiger charge is 2.17. The van der Waals surface area contributed by atoms with Crippen molar-refractivity contribution in [3.05, 3.63) is 65.2 Å². The first-order valence-corrected chi connectivity index (χ1v) is 9.97. The summed E-state index contributed by atoms with van der Waals surface area (Å²) < 4.78 is 29.9. The average molecular weight is 388 g/mol. The van der Waals surface area contributed by atoms with E-state index < -0.39 is 10.1 Å². The van der Waals surface area contributed by atoms with Gasteiger partial charge in [0.25, 0.3) is 5.91 Å². The van der Waals surface area contributed by atoms with E-state index in [1.54, 1.807) is 24.3 Å². The van der Waals surface area contributed by atoms with Crippen LogP contribution in [0.3, 0.4) is 0 Å². The summed E-state index contributed by atoms with van der Waals surface area (Å²) in [5, 5.41) is 5.29. The molecule has 26 heavy (non-hydrogen) atoms. The molecule has 3 rings (SSSR count). The molecule has 6 nitrogen and oxygen atoms in total. The maximum atomic E-state index is 12.4. The topological polar surface area (TPSA) is 85.4 Å². The second-order valence-electron chi connectivity index (χ2n) is 5.46. The number of benzene rings is 2. The fraction of sp³-hybridized carbons (Fsp3) is 0.111. The van der Waals surface area contributed by atoms with Crippen LogP contribution in [-0.4, -0.2) is 26.4 Å². The number of hydrogen-bond acceptors (Lipinski definition) is 6. The van der Waals surface area contributed by atoms with Gasteiger partial charge in [0.05, 0.1) is 0 Å². The zero-order valence-electron chi connectivity index (χ0n) is 14.1. The Morgan fingerprint density at radius 2 is 1.73 bits per heavy atom. The van der Waals surface area contributed by atoms with Gasteiger partial charge in [-0.3, -0.25) is 4.79 Å². The standard InChI is InChI=1S/C18H16N2O4S2/c1-12-11-25-18(20-12)14-3-7-15(8-4-14)24-26(22,23)16-9-5-13(6-10-16)17(21)19-2/h3-11H,1-2H3,(H,19,21). The molecule has 1 aromatic heterocycles.